The number of para-hydroxylation sites is 1. The van der Waals surface area contributed by atoms with E-state index in [4.69, 9.17) is 5.53 Å². The lowest BCUT2D eigenvalue weighted by Gasteiger charge is -2.06. The standard InChI is InChI=1S/C15H12N4/c16-19-17-11-5-7-13-6-4-10-15(12-13)18-14-8-2-1-3-9-14/h1-4,6,8-10,12,18H,11H2. The Hall–Kier alpha value is -2.89. The number of hydrogen-bond donors (Lipinski definition) is 1. The molecular formula is C15H12N4. The molecule has 4 nitrogen and oxygen atoms in total. The third-order valence-electron chi connectivity index (χ3n) is 2.37. The van der Waals surface area contributed by atoms with Crippen LogP contribution in [-0.4, -0.2) is 6.54 Å². The molecule has 2 rings (SSSR count). The van der Waals surface area contributed by atoms with Crippen molar-refractivity contribution in [1.29, 1.82) is 0 Å². The van der Waals surface area contributed by atoms with Crippen molar-refractivity contribution in [1.82, 2.24) is 0 Å². The van der Waals surface area contributed by atoms with Crippen LogP contribution in [0.4, 0.5) is 11.4 Å². The van der Waals surface area contributed by atoms with Crippen LogP contribution in [0.15, 0.2) is 59.7 Å². The normalized spacial score (nSPS) is 8.84. The molecule has 92 valence electrons. The SMILES string of the molecule is [N-]=[N+]=NCC#Cc1cccc(Nc2ccccc2)c1. The number of nitrogens with one attached hydrogen (secondary N) is 1. The predicted molar refractivity (Wildman–Crippen MR) is 77.1 cm³/mol. The summed E-state index contributed by atoms with van der Waals surface area (Å²) in [6.45, 7) is 0.187. The average molecular weight is 248 g/mol. The van der Waals surface area contributed by atoms with Gasteiger partial charge in [0.1, 0.15) is 0 Å². The Balaban J connectivity index is 2.10. The molecule has 0 aromatic heterocycles. The third-order valence-corrected chi connectivity index (χ3v) is 2.37. The summed E-state index contributed by atoms with van der Waals surface area (Å²) in [5.41, 5.74) is 11.0. The summed E-state index contributed by atoms with van der Waals surface area (Å²) in [5, 5.41) is 6.66. The Morgan fingerprint density at radius 2 is 1.84 bits per heavy atom. The van der Waals surface area contributed by atoms with E-state index in [-0.39, 0.29) is 6.54 Å². The minimum absolute atomic E-state index is 0.187. The van der Waals surface area contributed by atoms with E-state index in [0.29, 0.717) is 0 Å². The highest BCUT2D eigenvalue weighted by Crippen LogP contribution is 2.16. The minimum Gasteiger partial charge on any atom is -0.355 e. The molecule has 2 aromatic rings. The summed E-state index contributed by atoms with van der Waals surface area (Å²) < 4.78 is 0. The summed E-state index contributed by atoms with van der Waals surface area (Å²) in [7, 11) is 0. The fourth-order valence-corrected chi connectivity index (χ4v) is 1.57. The molecule has 4 heteroatoms. The smallest absolute Gasteiger partial charge is 0.0880 e. The molecular weight excluding hydrogens is 236 g/mol. The Kier molecular flexibility index (Phi) is 4.46. The number of hydrogen-bond acceptors (Lipinski definition) is 2. The van der Waals surface area contributed by atoms with Gasteiger partial charge in [-0.3, -0.25) is 0 Å². The summed E-state index contributed by atoms with van der Waals surface area (Å²) in [5.74, 6) is 5.75. The predicted octanol–water partition coefficient (Wildman–Crippen LogP) is 4.09. The molecule has 0 radical (unpaired) electrons. The van der Waals surface area contributed by atoms with Crippen molar-refractivity contribution in [2.45, 2.75) is 0 Å². The van der Waals surface area contributed by atoms with Crippen molar-refractivity contribution < 1.29 is 0 Å². The van der Waals surface area contributed by atoms with E-state index in [0.717, 1.165) is 16.9 Å². The maximum atomic E-state index is 8.15. The molecule has 0 saturated carbocycles. The first kappa shape index (κ1) is 12.6. The Morgan fingerprint density at radius 1 is 1.05 bits per heavy atom. The van der Waals surface area contributed by atoms with E-state index >= 15 is 0 Å². The lowest BCUT2D eigenvalue weighted by Crippen LogP contribution is -1.89. The zero-order valence-corrected chi connectivity index (χ0v) is 10.2. The molecule has 0 aliphatic heterocycles. The fraction of sp³-hybridized carbons (Fsp3) is 0.0667. The van der Waals surface area contributed by atoms with Gasteiger partial charge < -0.3 is 5.32 Å². The van der Waals surface area contributed by atoms with Crippen molar-refractivity contribution in [3.05, 3.63) is 70.6 Å². The first-order chi connectivity index (χ1) is 9.38. The van der Waals surface area contributed by atoms with E-state index < -0.39 is 0 Å². The van der Waals surface area contributed by atoms with E-state index in [1.165, 1.54) is 0 Å². The van der Waals surface area contributed by atoms with Crippen LogP contribution in [0.1, 0.15) is 5.56 Å². The minimum atomic E-state index is 0.187. The largest absolute Gasteiger partial charge is 0.355 e. The van der Waals surface area contributed by atoms with Gasteiger partial charge in [0, 0.05) is 21.8 Å². The quantitative estimate of drug-likeness (QED) is 0.378. The Morgan fingerprint density at radius 3 is 2.63 bits per heavy atom. The molecule has 1 N–H and O–H groups in total. The lowest BCUT2D eigenvalue weighted by atomic mass is 10.2. The van der Waals surface area contributed by atoms with Crippen LogP contribution in [0.5, 0.6) is 0 Å². The second kappa shape index (κ2) is 6.75. The average Bonchev–Trinajstić information content (AvgIpc) is 2.45. The van der Waals surface area contributed by atoms with Gasteiger partial charge in [0.05, 0.1) is 6.54 Å². The van der Waals surface area contributed by atoms with Gasteiger partial charge >= 0.3 is 0 Å². The van der Waals surface area contributed by atoms with E-state index in [1.54, 1.807) is 0 Å². The van der Waals surface area contributed by atoms with Gasteiger partial charge in [-0.15, -0.1) is 0 Å². The van der Waals surface area contributed by atoms with Crippen LogP contribution in [0.2, 0.25) is 0 Å². The highest BCUT2D eigenvalue weighted by molar-refractivity contribution is 5.61. The molecule has 0 bridgehead atoms. The number of benzene rings is 2. The van der Waals surface area contributed by atoms with Crippen molar-refractivity contribution >= 4 is 11.4 Å². The van der Waals surface area contributed by atoms with E-state index in [9.17, 15) is 0 Å². The van der Waals surface area contributed by atoms with Crippen molar-refractivity contribution in [3.63, 3.8) is 0 Å². The molecule has 0 heterocycles. The fourth-order valence-electron chi connectivity index (χ4n) is 1.57. The topological polar surface area (TPSA) is 60.8 Å². The Labute approximate surface area is 111 Å². The first-order valence-electron chi connectivity index (χ1n) is 5.80. The van der Waals surface area contributed by atoms with Gasteiger partial charge in [0.2, 0.25) is 0 Å². The summed E-state index contributed by atoms with van der Waals surface area (Å²) in [6, 6.07) is 17.7. The van der Waals surface area contributed by atoms with Gasteiger partial charge in [-0.05, 0) is 35.9 Å². The van der Waals surface area contributed by atoms with Crippen molar-refractivity contribution in [2.75, 3.05) is 11.9 Å². The van der Waals surface area contributed by atoms with E-state index in [2.05, 4.69) is 27.2 Å². The van der Waals surface area contributed by atoms with Crippen LogP contribution < -0.4 is 5.32 Å². The molecule has 0 saturated heterocycles. The molecule has 0 atom stereocenters. The molecule has 0 unspecified atom stereocenters. The summed E-state index contributed by atoms with van der Waals surface area (Å²) in [4.78, 5) is 2.65. The van der Waals surface area contributed by atoms with Crippen LogP contribution in [0, 0.1) is 11.8 Å². The van der Waals surface area contributed by atoms with Gasteiger partial charge in [-0.1, -0.05) is 41.2 Å². The molecule has 0 aliphatic carbocycles. The first-order valence-corrected chi connectivity index (χ1v) is 5.80. The second-order valence-electron chi connectivity index (χ2n) is 3.76. The van der Waals surface area contributed by atoms with Crippen LogP contribution in [0.25, 0.3) is 10.4 Å². The van der Waals surface area contributed by atoms with Crippen molar-refractivity contribution in [2.24, 2.45) is 5.11 Å². The molecule has 0 spiro atoms. The Bertz CT molecular complexity index is 647. The monoisotopic (exact) mass is 248 g/mol. The number of rotatable bonds is 3. The van der Waals surface area contributed by atoms with Crippen LogP contribution in [0.3, 0.4) is 0 Å². The van der Waals surface area contributed by atoms with Crippen LogP contribution >= 0.6 is 0 Å². The van der Waals surface area contributed by atoms with Gasteiger partial charge in [0.25, 0.3) is 0 Å². The van der Waals surface area contributed by atoms with Crippen molar-refractivity contribution in [3.8, 4) is 11.8 Å². The van der Waals surface area contributed by atoms with Gasteiger partial charge in [-0.2, -0.15) is 0 Å². The van der Waals surface area contributed by atoms with Gasteiger partial charge in [-0.25, -0.2) is 0 Å². The molecule has 0 fully saturated rings. The lowest BCUT2D eigenvalue weighted by molar-refractivity contribution is 1.25. The zero-order chi connectivity index (χ0) is 13.3. The maximum absolute atomic E-state index is 8.15. The van der Waals surface area contributed by atoms with E-state index in [1.807, 2.05) is 54.6 Å². The zero-order valence-electron chi connectivity index (χ0n) is 10.2. The maximum Gasteiger partial charge on any atom is 0.0880 e. The highest BCUT2D eigenvalue weighted by Gasteiger charge is 1.94. The number of nitrogens with zero attached hydrogens (tertiary/aromatic N) is 3. The molecule has 0 aliphatic rings. The third kappa shape index (κ3) is 4.12. The summed E-state index contributed by atoms with van der Waals surface area (Å²) >= 11 is 0. The number of azide groups is 1. The molecule has 2 aromatic carbocycles. The number of anilines is 2. The molecule has 19 heavy (non-hydrogen) atoms. The summed E-state index contributed by atoms with van der Waals surface area (Å²) in [6.07, 6.45) is 0. The van der Waals surface area contributed by atoms with Gasteiger partial charge in [0.15, 0.2) is 0 Å². The molecule has 0 amide bonds. The second-order valence-corrected chi connectivity index (χ2v) is 3.76. The van der Waals surface area contributed by atoms with Crippen LogP contribution in [-0.2, 0) is 0 Å². The highest BCUT2D eigenvalue weighted by atomic mass is 15.1.